The van der Waals surface area contributed by atoms with Gasteiger partial charge in [0, 0.05) is 31.3 Å². The highest BCUT2D eigenvalue weighted by atomic mass is 16.5. The van der Waals surface area contributed by atoms with E-state index in [-0.39, 0.29) is 23.8 Å². The number of nitrogens with zero attached hydrogens (tertiary/aromatic N) is 1. The summed E-state index contributed by atoms with van der Waals surface area (Å²) in [7, 11) is 0. The Morgan fingerprint density at radius 2 is 1.92 bits per heavy atom. The summed E-state index contributed by atoms with van der Waals surface area (Å²) in [5.74, 6) is 0.132. The van der Waals surface area contributed by atoms with Crippen LogP contribution in [0.1, 0.15) is 36.8 Å². The van der Waals surface area contributed by atoms with E-state index in [4.69, 9.17) is 4.74 Å². The molecule has 1 atom stereocenters. The summed E-state index contributed by atoms with van der Waals surface area (Å²) < 4.78 is 5.48. The molecule has 130 valence electrons. The van der Waals surface area contributed by atoms with Crippen molar-refractivity contribution in [3.05, 3.63) is 29.3 Å². The van der Waals surface area contributed by atoms with Crippen molar-refractivity contribution < 1.29 is 14.3 Å². The van der Waals surface area contributed by atoms with E-state index in [1.165, 1.54) is 0 Å². The first kappa shape index (κ1) is 17.0. The molecule has 3 rings (SSSR count). The molecular weight excluding hydrogens is 304 g/mol. The van der Waals surface area contributed by atoms with Crippen LogP contribution in [0, 0.1) is 19.8 Å². The normalized spacial score (nSPS) is 21.8. The lowest BCUT2D eigenvalue weighted by atomic mass is 9.95. The summed E-state index contributed by atoms with van der Waals surface area (Å²) in [5.41, 5.74) is 3.09. The Labute approximate surface area is 143 Å². The topological polar surface area (TPSA) is 58.6 Å². The van der Waals surface area contributed by atoms with Gasteiger partial charge in [-0.25, -0.2) is 0 Å². The second-order valence-electron chi connectivity index (χ2n) is 6.91. The number of ether oxygens (including phenoxy) is 1. The van der Waals surface area contributed by atoms with E-state index < -0.39 is 0 Å². The van der Waals surface area contributed by atoms with Crippen LogP contribution in [0.3, 0.4) is 0 Å². The van der Waals surface area contributed by atoms with Crippen molar-refractivity contribution in [2.45, 2.75) is 45.6 Å². The van der Waals surface area contributed by atoms with Crippen LogP contribution in [0.2, 0.25) is 0 Å². The molecule has 2 saturated heterocycles. The monoisotopic (exact) mass is 330 g/mol. The Kier molecular flexibility index (Phi) is 5.19. The minimum absolute atomic E-state index is 0.0292. The Balaban J connectivity index is 1.53. The molecule has 5 nitrogen and oxygen atoms in total. The molecule has 24 heavy (non-hydrogen) atoms. The van der Waals surface area contributed by atoms with Crippen LogP contribution in [0.25, 0.3) is 0 Å². The standard InChI is InChI=1S/C19H26N2O3/c1-13-5-6-14(2)16(12-13)20-18(22)15-7-9-21(10-8-15)19(23)17-4-3-11-24-17/h5-6,12,15,17H,3-4,7-11H2,1-2H3,(H,20,22). The summed E-state index contributed by atoms with van der Waals surface area (Å²) in [6.45, 7) is 5.99. The molecular formula is C19H26N2O3. The van der Waals surface area contributed by atoms with E-state index in [0.717, 1.165) is 42.5 Å². The molecule has 5 heteroatoms. The van der Waals surface area contributed by atoms with Crippen LogP contribution in [-0.2, 0) is 14.3 Å². The number of anilines is 1. The van der Waals surface area contributed by atoms with E-state index in [1.807, 2.05) is 36.9 Å². The van der Waals surface area contributed by atoms with Crippen LogP contribution in [0.5, 0.6) is 0 Å². The zero-order valence-corrected chi connectivity index (χ0v) is 14.5. The fourth-order valence-corrected chi connectivity index (χ4v) is 3.44. The number of aryl methyl sites for hydroxylation is 2. The third-order valence-corrected chi connectivity index (χ3v) is 5.03. The molecule has 0 radical (unpaired) electrons. The molecule has 1 unspecified atom stereocenters. The van der Waals surface area contributed by atoms with Gasteiger partial charge < -0.3 is 15.0 Å². The van der Waals surface area contributed by atoms with E-state index >= 15 is 0 Å². The number of rotatable bonds is 3. The van der Waals surface area contributed by atoms with Crippen molar-refractivity contribution in [3.63, 3.8) is 0 Å². The fourth-order valence-electron chi connectivity index (χ4n) is 3.44. The second kappa shape index (κ2) is 7.34. The molecule has 0 bridgehead atoms. The van der Waals surface area contributed by atoms with Crippen LogP contribution >= 0.6 is 0 Å². The Bertz CT molecular complexity index is 615. The first-order chi connectivity index (χ1) is 11.5. The number of amides is 2. The highest BCUT2D eigenvalue weighted by molar-refractivity contribution is 5.93. The minimum atomic E-state index is -0.259. The maximum absolute atomic E-state index is 12.5. The molecule has 0 aromatic heterocycles. The average molecular weight is 330 g/mol. The van der Waals surface area contributed by atoms with Crippen molar-refractivity contribution in [2.75, 3.05) is 25.0 Å². The van der Waals surface area contributed by atoms with E-state index in [1.54, 1.807) is 0 Å². The van der Waals surface area contributed by atoms with E-state index in [9.17, 15) is 9.59 Å². The third kappa shape index (κ3) is 3.78. The van der Waals surface area contributed by atoms with Gasteiger partial charge in [-0.1, -0.05) is 12.1 Å². The Hall–Kier alpha value is -1.88. The van der Waals surface area contributed by atoms with Gasteiger partial charge >= 0.3 is 0 Å². The van der Waals surface area contributed by atoms with Crippen LogP contribution in [0.4, 0.5) is 5.69 Å². The number of piperidine rings is 1. The molecule has 1 aromatic rings. The lowest BCUT2D eigenvalue weighted by Crippen LogP contribution is -2.45. The summed E-state index contributed by atoms with van der Waals surface area (Å²) in [6, 6.07) is 6.07. The number of carbonyl (C=O) groups excluding carboxylic acids is 2. The highest BCUT2D eigenvalue weighted by Gasteiger charge is 2.32. The summed E-state index contributed by atoms with van der Waals surface area (Å²) in [4.78, 5) is 26.7. The molecule has 2 aliphatic heterocycles. The Morgan fingerprint density at radius 3 is 2.58 bits per heavy atom. The SMILES string of the molecule is Cc1ccc(C)c(NC(=O)C2CCN(C(=O)C3CCCO3)CC2)c1. The fraction of sp³-hybridized carbons (Fsp3) is 0.579. The molecule has 2 heterocycles. The Morgan fingerprint density at radius 1 is 1.17 bits per heavy atom. The number of likely N-dealkylation sites (tertiary alicyclic amines) is 1. The van der Waals surface area contributed by atoms with Gasteiger partial charge in [0.25, 0.3) is 5.91 Å². The van der Waals surface area contributed by atoms with Gasteiger partial charge in [0.15, 0.2) is 0 Å². The number of hydrogen-bond donors (Lipinski definition) is 1. The predicted molar refractivity (Wildman–Crippen MR) is 92.8 cm³/mol. The molecule has 0 aliphatic carbocycles. The van der Waals surface area contributed by atoms with Gasteiger partial charge in [0.2, 0.25) is 5.91 Å². The smallest absolute Gasteiger partial charge is 0.251 e. The quantitative estimate of drug-likeness (QED) is 0.927. The minimum Gasteiger partial charge on any atom is -0.368 e. The van der Waals surface area contributed by atoms with Gasteiger partial charge in [-0.15, -0.1) is 0 Å². The molecule has 0 spiro atoms. The maximum Gasteiger partial charge on any atom is 0.251 e. The first-order valence-corrected chi connectivity index (χ1v) is 8.83. The highest BCUT2D eigenvalue weighted by Crippen LogP contribution is 2.24. The largest absolute Gasteiger partial charge is 0.368 e. The van der Waals surface area contributed by atoms with Crippen LogP contribution in [-0.4, -0.2) is 42.5 Å². The maximum atomic E-state index is 12.5. The lowest BCUT2D eigenvalue weighted by molar-refractivity contribution is -0.143. The number of hydrogen-bond acceptors (Lipinski definition) is 3. The van der Waals surface area contributed by atoms with Crippen molar-refractivity contribution in [1.29, 1.82) is 0 Å². The number of benzene rings is 1. The van der Waals surface area contributed by atoms with Crippen molar-refractivity contribution in [2.24, 2.45) is 5.92 Å². The van der Waals surface area contributed by atoms with E-state index in [0.29, 0.717) is 19.7 Å². The summed E-state index contributed by atoms with van der Waals surface area (Å²) in [5, 5.41) is 3.05. The molecule has 2 aliphatic rings. The van der Waals surface area contributed by atoms with Gasteiger partial charge in [-0.2, -0.15) is 0 Å². The van der Waals surface area contributed by atoms with Gasteiger partial charge in [-0.05, 0) is 56.7 Å². The number of carbonyl (C=O) groups is 2. The number of nitrogens with one attached hydrogen (secondary N) is 1. The first-order valence-electron chi connectivity index (χ1n) is 8.83. The average Bonchev–Trinajstić information content (AvgIpc) is 3.12. The van der Waals surface area contributed by atoms with E-state index in [2.05, 4.69) is 5.32 Å². The summed E-state index contributed by atoms with van der Waals surface area (Å²) in [6.07, 6.45) is 2.96. The molecule has 0 saturated carbocycles. The van der Waals surface area contributed by atoms with Gasteiger partial charge in [-0.3, -0.25) is 9.59 Å². The van der Waals surface area contributed by atoms with Gasteiger partial charge in [0.1, 0.15) is 6.10 Å². The third-order valence-electron chi connectivity index (χ3n) is 5.03. The lowest BCUT2D eigenvalue weighted by Gasteiger charge is -2.32. The van der Waals surface area contributed by atoms with Crippen LogP contribution in [0.15, 0.2) is 18.2 Å². The van der Waals surface area contributed by atoms with Gasteiger partial charge in [0.05, 0.1) is 0 Å². The molecule has 1 N–H and O–H groups in total. The zero-order chi connectivity index (χ0) is 17.1. The molecule has 2 fully saturated rings. The predicted octanol–water partition coefficient (Wildman–Crippen LogP) is 2.66. The summed E-state index contributed by atoms with van der Waals surface area (Å²) >= 11 is 0. The molecule has 1 aromatic carbocycles. The van der Waals surface area contributed by atoms with Crippen molar-refractivity contribution in [3.8, 4) is 0 Å². The zero-order valence-electron chi connectivity index (χ0n) is 14.5. The molecule has 2 amide bonds. The second-order valence-corrected chi connectivity index (χ2v) is 6.91. The van der Waals surface area contributed by atoms with Crippen molar-refractivity contribution in [1.82, 2.24) is 4.90 Å². The van der Waals surface area contributed by atoms with Crippen molar-refractivity contribution >= 4 is 17.5 Å². The van der Waals surface area contributed by atoms with Crippen LogP contribution < -0.4 is 5.32 Å².